The molecule has 1 nitrogen and oxygen atoms in total. The lowest BCUT2D eigenvalue weighted by molar-refractivity contribution is 0.391. The molecule has 0 aliphatic carbocycles. The Morgan fingerprint density at radius 2 is 1.78 bits per heavy atom. The van der Waals surface area contributed by atoms with Crippen molar-refractivity contribution in [3.05, 3.63) is 48.0 Å². The van der Waals surface area contributed by atoms with Gasteiger partial charge in [0.1, 0.15) is 0 Å². The zero-order valence-electron chi connectivity index (χ0n) is 12.1. The van der Waals surface area contributed by atoms with Gasteiger partial charge in [-0.1, -0.05) is 51.1 Å². The highest BCUT2D eigenvalue weighted by Gasteiger charge is 2.20. The van der Waals surface area contributed by atoms with Crippen LogP contribution < -0.4 is 5.32 Å². The number of rotatable bonds is 8. The third-order valence-electron chi connectivity index (χ3n) is 3.49. The van der Waals surface area contributed by atoms with Crippen LogP contribution in [0.15, 0.2) is 36.9 Å². The van der Waals surface area contributed by atoms with E-state index in [1.807, 2.05) is 0 Å². The molecule has 0 bridgehead atoms. The summed E-state index contributed by atoms with van der Waals surface area (Å²) in [5.41, 5.74) is 2.94. The SMILES string of the molecule is C=CC(C)(CNCCC)Cc1ccc(CC)cc1. The summed E-state index contributed by atoms with van der Waals surface area (Å²) >= 11 is 0. The Bertz CT molecular complexity index is 352. The fourth-order valence-corrected chi connectivity index (χ4v) is 2.12. The van der Waals surface area contributed by atoms with Gasteiger partial charge in [-0.15, -0.1) is 6.58 Å². The van der Waals surface area contributed by atoms with Crippen LogP contribution in [-0.4, -0.2) is 13.1 Å². The van der Waals surface area contributed by atoms with Crippen molar-refractivity contribution in [2.75, 3.05) is 13.1 Å². The zero-order chi connectivity index (χ0) is 13.4. The molecule has 0 aliphatic heterocycles. The third-order valence-corrected chi connectivity index (χ3v) is 3.49. The summed E-state index contributed by atoms with van der Waals surface area (Å²) in [5, 5.41) is 3.50. The summed E-state index contributed by atoms with van der Waals surface area (Å²) < 4.78 is 0. The highest BCUT2D eigenvalue weighted by molar-refractivity contribution is 5.24. The minimum Gasteiger partial charge on any atom is -0.316 e. The first-order chi connectivity index (χ1) is 8.63. The van der Waals surface area contributed by atoms with E-state index in [4.69, 9.17) is 0 Å². The number of hydrogen-bond acceptors (Lipinski definition) is 1. The molecule has 100 valence electrons. The van der Waals surface area contributed by atoms with E-state index in [0.29, 0.717) is 0 Å². The van der Waals surface area contributed by atoms with Crippen molar-refractivity contribution in [3.63, 3.8) is 0 Å². The lowest BCUT2D eigenvalue weighted by Gasteiger charge is -2.26. The van der Waals surface area contributed by atoms with E-state index in [2.05, 4.69) is 63.0 Å². The van der Waals surface area contributed by atoms with Gasteiger partial charge in [0.05, 0.1) is 0 Å². The average molecular weight is 245 g/mol. The van der Waals surface area contributed by atoms with Crippen molar-refractivity contribution in [1.29, 1.82) is 0 Å². The molecule has 1 rings (SSSR count). The second kappa shape index (κ2) is 7.38. The van der Waals surface area contributed by atoms with Gasteiger partial charge in [0.15, 0.2) is 0 Å². The molecule has 1 unspecified atom stereocenters. The summed E-state index contributed by atoms with van der Waals surface area (Å²) in [6.07, 6.45) is 5.43. The number of hydrogen-bond donors (Lipinski definition) is 1. The highest BCUT2D eigenvalue weighted by atomic mass is 14.9. The smallest absolute Gasteiger partial charge is 0.00430 e. The Kier molecular flexibility index (Phi) is 6.14. The molecule has 1 heteroatoms. The highest BCUT2D eigenvalue weighted by Crippen LogP contribution is 2.23. The monoisotopic (exact) mass is 245 g/mol. The van der Waals surface area contributed by atoms with E-state index in [-0.39, 0.29) is 5.41 Å². The fourth-order valence-electron chi connectivity index (χ4n) is 2.12. The minimum atomic E-state index is 0.142. The molecule has 18 heavy (non-hydrogen) atoms. The van der Waals surface area contributed by atoms with Crippen molar-refractivity contribution in [3.8, 4) is 0 Å². The van der Waals surface area contributed by atoms with Crippen LogP contribution in [-0.2, 0) is 12.8 Å². The summed E-state index contributed by atoms with van der Waals surface area (Å²) in [6.45, 7) is 12.7. The molecule has 1 aromatic rings. The van der Waals surface area contributed by atoms with E-state index in [1.165, 1.54) is 17.5 Å². The molecular formula is C17H27N. The predicted octanol–water partition coefficient (Wildman–Crippen LogP) is 3.98. The lowest BCUT2D eigenvalue weighted by atomic mass is 9.83. The molecule has 1 atom stereocenters. The molecule has 0 heterocycles. The summed E-state index contributed by atoms with van der Waals surface area (Å²) in [7, 11) is 0. The van der Waals surface area contributed by atoms with Gasteiger partial charge >= 0.3 is 0 Å². The largest absolute Gasteiger partial charge is 0.316 e. The Morgan fingerprint density at radius 3 is 2.28 bits per heavy atom. The second-order valence-electron chi connectivity index (χ2n) is 5.38. The van der Waals surface area contributed by atoms with E-state index >= 15 is 0 Å². The molecule has 1 aromatic carbocycles. The van der Waals surface area contributed by atoms with Crippen LogP contribution in [0, 0.1) is 5.41 Å². The van der Waals surface area contributed by atoms with Crippen LogP contribution in [0.3, 0.4) is 0 Å². The van der Waals surface area contributed by atoms with Crippen LogP contribution >= 0.6 is 0 Å². The molecule has 0 amide bonds. The first kappa shape index (κ1) is 15.0. The molecule has 1 N–H and O–H groups in total. The molecule has 0 saturated heterocycles. The topological polar surface area (TPSA) is 12.0 Å². The molecule has 0 saturated carbocycles. The Hall–Kier alpha value is -1.08. The average Bonchev–Trinajstić information content (AvgIpc) is 2.40. The maximum atomic E-state index is 4.00. The minimum absolute atomic E-state index is 0.142. The Labute approximate surface area is 112 Å². The van der Waals surface area contributed by atoms with Gasteiger partial charge in [-0.05, 0) is 36.9 Å². The van der Waals surface area contributed by atoms with E-state index in [0.717, 1.165) is 25.9 Å². The van der Waals surface area contributed by atoms with Gasteiger partial charge in [0.25, 0.3) is 0 Å². The first-order valence-corrected chi connectivity index (χ1v) is 7.05. The van der Waals surface area contributed by atoms with Crippen molar-refractivity contribution in [1.82, 2.24) is 5.32 Å². The van der Waals surface area contributed by atoms with Crippen molar-refractivity contribution in [2.24, 2.45) is 5.41 Å². The van der Waals surface area contributed by atoms with Crippen molar-refractivity contribution >= 4 is 0 Å². The van der Waals surface area contributed by atoms with Gasteiger partial charge in [-0.2, -0.15) is 0 Å². The maximum Gasteiger partial charge on any atom is 0.00430 e. The Morgan fingerprint density at radius 1 is 1.17 bits per heavy atom. The fraction of sp³-hybridized carbons (Fsp3) is 0.529. The summed E-state index contributed by atoms with van der Waals surface area (Å²) in [6, 6.07) is 8.97. The van der Waals surface area contributed by atoms with Crippen LogP contribution in [0.1, 0.15) is 38.3 Å². The molecular weight excluding hydrogens is 218 g/mol. The first-order valence-electron chi connectivity index (χ1n) is 7.05. The van der Waals surface area contributed by atoms with Gasteiger partial charge < -0.3 is 5.32 Å². The normalized spacial score (nSPS) is 14.2. The quantitative estimate of drug-likeness (QED) is 0.539. The van der Waals surface area contributed by atoms with Gasteiger partial charge in [-0.25, -0.2) is 0 Å². The molecule has 0 radical (unpaired) electrons. The van der Waals surface area contributed by atoms with Crippen LogP contribution in [0.2, 0.25) is 0 Å². The van der Waals surface area contributed by atoms with Crippen LogP contribution in [0.4, 0.5) is 0 Å². The van der Waals surface area contributed by atoms with Gasteiger partial charge in [-0.3, -0.25) is 0 Å². The predicted molar refractivity (Wildman–Crippen MR) is 81.0 cm³/mol. The molecule has 0 spiro atoms. The molecule has 0 aliphatic rings. The maximum absolute atomic E-state index is 4.00. The standard InChI is InChI=1S/C17H27N/c1-5-12-18-14-17(4,7-3)13-16-10-8-15(6-2)9-11-16/h7-11,18H,3,5-6,12-14H2,1-2,4H3. The number of nitrogens with one attached hydrogen (secondary N) is 1. The lowest BCUT2D eigenvalue weighted by Crippen LogP contribution is -2.32. The summed E-state index contributed by atoms with van der Waals surface area (Å²) in [5.74, 6) is 0. The number of aryl methyl sites for hydroxylation is 1. The van der Waals surface area contributed by atoms with Crippen molar-refractivity contribution in [2.45, 2.75) is 40.0 Å². The third kappa shape index (κ3) is 4.66. The Balaban J connectivity index is 2.62. The van der Waals surface area contributed by atoms with Gasteiger partial charge in [0.2, 0.25) is 0 Å². The second-order valence-corrected chi connectivity index (χ2v) is 5.38. The van der Waals surface area contributed by atoms with Crippen LogP contribution in [0.5, 0.6) is 0 Å². The number of benzene rings is 1. The summed E-state index contributed by atoms with van der Waals surface area (Å²) in [4.78, 5) is 0. The molecule has 0 fully saturated rings. The van der Waals surface area contributed by atoms with E-state index < -0.39 is 0 Å². The van der Waals surface area contributed by atoms with Gasteiger partial charge in [0, 0.05) is 12.0 Å². The van der Waals surface area contributed by atoms with E-state index in [9.17, 15) is 0 Å². The molecule has 0 aromatic heterocycles. The van der Waals surface area contributed by atoms with Crippen LogP contribution in [0.25, 0.3) is 0 Å². The van der Waals surface area contributed by atoms with Crippen molar-refractivity contribution < 1.29 is 0 Å². The zero-order valence-corrected chi connectivity index (χ0v) is 12.1. The van der Waals surface area contributed by atoms with E-state index in [1.54, 1.807) is 0 Å².